The third-order valence-corrected chi connectivity index (χ3v) is 5.83. The minimum atomic E-state index is 0.452. The first-order valence-corrected chi connectivity index (χ1v) is 9.78. The molecule has 138 valence electrons. The molecule has 0 heterocycles. The van der Waals surface area contributed by atoms with Crippen LogP contribution in [0.15, 0.2) is 72.8 Å². The molecule has 0 aromatic heterocycles. The van der Waals surface area contributed by atoms with Crippen molar-refractivity contribution in [1.29, 1.82) is 0 Å². The monoisotopic (exact) mass is 356 g/mol. The smallest absolute Gasteiger partial charge is 0.0361 e. The maximum atomic E-state index is 3.50. The van der Waals surface area contributed by atoms with Gasteiger partial charge in [-0.1, -0.05) is 60.7 Å². The number of anilines is 1. The number of likely N-dealkylation sites (N-methyl/N-ethyl adjacent to an activating group) is 1. The Bertz CT molecular complexity index is 912. The van der Waals surface area contributed by atoms with Gasteiger partial charge < -0.3 is 10.2 Å². The van der Waals surface area contributed by atoms with Gasteiger partial charge in [0.05, 0.1) is 0 Å². The number of hydrogen-bond acceptors (Lipinski definition) is 2. The van der Waals surface area contributed by atoms with Crippen LogP contribution in [0.3, 0.4) is 0 Å². The van der Waals surface area contributed by atoms with E-state index in [1.54, 1.807) is 0 Å². The summed E-state index contributed by atoms with van der Waals surface area (Å²) in [6.45, 7) is 0. The highest BCUT2D eigenvalue weighted by Crippen LogP contribution is 2.38. The molecule has 1 aliphatic rings. The number of nitrogens with zero attached hydrogens (tertiary/aromatic N) is 1. The van der Waals surface area contributed by atoms with Crippen LogP contribution >= 0.6 is 0 Å². The van der Waals surface area contributed by atoms with E-state index in [4.69, 9.17) is 0 Å². The molecule has 0 radical (unpaired) electrons. The van der Waals surface area contributed by atoms with Crippen molar-refractivity contribution in [3.63, 3.8) is 0 Å². The fourth-order valence-corrected chi connectivity index (χ4v) is 4.24. The van der Waals surface area contributed by atoms with E-state index in [-0.39, 0.29) is 0 Å². The number of fused-ring (bicyclic) bond motifs is 1. The number of benzene rings is 3. The Morgan fingerprint density at radius 2 is 1.63 bits per heavy atom. The van der Waals surface area contributed by atoms with Crippen molar-refractivity contribution in [1.82, 2.24) is 5.32 Å². The summed E-state index contributed by atoms with van der Waals surface area (Å²) in [6.07, 6.45) is 2.27. The lowest BCUT2D eigenvalue weighted by atomic mass is 9.76. The Labute approximate surface area is 162 Å². The lowest BCUT2D eigenvalue weighted by Crippen LogP contribution is -2.33. The molecule has 0 bridgehead atoms. The maximum absolute atomic E-state index is 3.50. The van der Waals surface area contributed by atoms with Crippen molar-refractivity contribution in [2.45, 2.75) is 24.8 Å². The molecule has 1 aliphatic carbocycles. The fraction of sp³-hybridized carbons (Fsp3) is 0.280. The maximum Gasteiger partial charge on any atom is 0.0361 e. The van der Waals surface area contributed by atoms with Crippen molar-refractivity contribution in [2.75, 3.05) is 26.0 Å². The summed E-state index contributed by atoms with van der Waals surface area (Å²) in [5.74, 6) is 0.452. The van der Waals surface area contributed by atoms with Crippen LogP contribution in [0.25, 0.3) is 11.1 Å². The highest BCUT2D eigenvalue weighted by molar-refractivity contribution is 5.67. The number of nitrogens with one attached hydrogen (secondary N) is 1. The molecule has 1 N–H and O–H groups in total. The van der Waals surface area contributed by atoms with E-state index in [9.17, 15) is 0 Å². The standard InChI is InChI=1S/C25H28N2/c1-26-22-16-21-7-4-5-10-24(21)25(17-22)20-9-6-8-19(15-20)18-11-13-23(14-12-18)27(2)3/h4-15,22,25-26H,16-17H2,1-3H3/t22-,25+/m1/s1. The second-order valence-corrected chi connectivity index (χ2v) is 7.74. The van der Waals surface area contributed by atoms with E-state index >= 15 is 0 Å². The fourth-order valence-electron chi connectivity index (χ4n) is 4.24. The van der Waals surface area contributed by atoms with Crippen molar-refractivity contribution >= 4 is 5.69 Å². The molecular formula is C25H28N2. The molecule has 2 atom stereocenters. The summed E-state index contributed by atoms with van der Waals surface area (Å²) >= 11 is 0. The normalized spacial score (nSPS) is 18.8. The van der Waals surface area contributed by atoms with Gasteiger partial charge in [0.1, 0.15) is 0 Å². The Morgan fingerprint density at radius 3 is 2.37 bits per heavy atom. The van der Waals surface area contributed by atoms with Gasteiger partial charge in [0, 0.05) is 31.7 Å². The zero-order valence-corrected chi connectivity index (χ0v) is 16.4. The molecule has 2 nitrogen and oxygen atoms in total. The summed E-state index contributed by atoms with van der Waals surface area (Å²) < 4.78 is 0. The van der Waals surface area contributed by atoms with Gasteiger partial charge in [0.2, 0.25) is 0 Å². The minimum Gasteiger partial charge on any atom is -0.378 e. The molecule has 0 saturated heterocycles. The van der Waals surface area contributed by atoms with Gasteiger partial charge in [-0.25, -0.2) is 0 Å². The Kier molecular flexibility index (Phi) is 5.00. The van der Waals surface area contributed by atoms with Gasteiger partial charge in [0.15, 0.2) is 0 Å². The van der Waals surface area contributed by atoms with E-state index in [0.717, 1.165) is 12.8 Å². The number of rotatable bonds is 4. The van der Waals surface area contributed by atoms with Crippen LogP contribution in [-0.2, 0) is 6.42 Å². The quantitative estimate of drug-likeness (QED) is 0.701. The van der Waals surface area contributed by atoms with Crippen LogP contribution in [0.5, 0.6) is 0 Å². The summed E-state index contributed by atoms with van der Waals surface area (Å²) in [5.41, 5.74) is 8.18. The van der Waals surface area contributed by atoms with E-state index < -0.39 is 0 Å². The van der Waals surface area contributed by atoms with Gasteiger partial charge in [-0.15, -0.1) is 0 Å². The molecule has 0 fully saturated rings. The molecule has 3 aromatic carbocycles. The van der Waals surface area contributed by atoms with E-state index in [1.165, 1.54) is 33.5 Å². The van der Waals surface area contributed by atoms with Gasteiger partial charge in [-0.3, -0.25) is 0 Å². The van der Waals surface area contributed by atoms with Gasteiger partial charge in [0.25, 0.3) is 0 Å². The zero-order valence-electron chi connectivity index (χ0n) is 16.4. The minimum absolute atomic E-state index is 0.452. The van der Waals surface area contributed by atoms with Crippen LogP contribution < -0.4 is 10.2 Å². The van der Waals surface area contributed by atoms with Gasteiger partial charge >= 0.3 is 0 Å². The first-order chi connectivity index (χ1) is 13.2. The second kappa shape index (κ2) is 7.58. The van der Waals surface area contributed by atoms with Crippen LogP contribution in [0, 0.1) is 0 Å². The topological polar surface area (TPSA) is 15.3 Å². The third-order valence-electron chi connectivity index (χ3n) is 5.83. The highest BCUT2D eigenvalue weighted by atomic mass is 15.1. The van der Waals surface area contributed by atoms with Crippen molar-refractivity contribution in [3.05, 3.63) is 89.5 Å². The number of hydrogen-bond donors (Lipinski definition) is 1. The van der Waals surface area contributed by atoms with E-state index in [0.29, 0.717) is 12.0 Å². The second-order valence-electron chi connectivity index (χ2n) is 7.74. The Hall–Kier alpha value is -2.58. The average Bonchev–Trinajstić information content (AvgIpc) is 2.73. The summed E-state index contributed by atoms with van der Waals surface area (Å²) in [4.78, 5) is 2.14. The summed E-state index contributed by atoms with van der Waals surface area (Å²) in [7, 11) is 6.24. The van der Waals surface area contributed by atoms with Crippen molar-refractivity contribution in [2.24, 2.45) is 0 Å². The molecule has 27 heavy (non-hydrogen) atoms. The largest absolute Gasteiger partial charge is 0.378 e. The van der Waals surface area contributed by atoms with E-state index in [2.05, 4.69) is 104 Å². The Balaban J connectivity index is 1.70. The summed E-state index contributed by atoms with van der Waals surface area (Å²) in [6, 6.07) is 27.4. The molecular weight excluding hydrogens is 328 g/mol. The molecule has 0 amide bonds. The van der Waals surface area contributed by atoms with Gasteiger partial charge in [-0.2, -0.15) is 0 Å². The summed E-state index contributed by atoms with van der Waals surface area (Å²) in [5, 5.41) is 3.50. The van der Waals surface area contributed by atoms with Gasteiger partial charge in [-0.05, 0) is 59.8 Å². The zero-order chi connectivity index (χ0) is 18.8. The lowest BCUT2D eigenvalue weighted by molar-refractivity contribution is 0.465. The lowest BCUT2D eigenvalue weighted by Gasteiger charge is -2.32. The van der Waals surface area contributed by atoms with Crippen LogP contribution in [0.4, 0.5) is 5.69 Å². The third kappa shape index (κ3) is 3.63. The Morgan fingerprint density at radius 1 is 0.852 bits per heavy atom. The predicted octanol–water partition coefficient (Wildman–Crippen LogP) is 5.09. The molecule has 0 saturated carbocycles. The SMILES string of the molecule is CN[C@@H]1Cc2ccccc2[C@H](c2cccc(-c3ccc(N(C)C)cc3)c2)C1. The molecule has 4 rings (SSSR count). The molecule has 0 unspecified atom stereocenters. The van der Waals surface area contributed by atoms with Crippen LogP contribution in [-0.4, -0.2) is 27.2 Å². The first-order valence-electron chi connectivity index (χ1n) is 9.78. The molecule has 2 heteroatoms. The predicted molar refractivity (Wildman–Crippen MR) is 116 cm³/mol. The van der Waals surface area contributed by atoms with Crippen molar-refractivity contribution in [3.8, 4) is 11.1 Å². The molecule has 0 aliphatic heterocycles. The highest BCUT2D eigenvalue weighted by Gasteiger charge is 2.27. The van der Waals surface area contributed by atoms with Crippen LogP contribution in [0.1, 0.15) is 29.0 Å². The van der Waals surface area contributed by atoms with E-state index in [1.807, 2.05) is 0 Å². The van der Waals surface area contributed by atoms with Crippen molar-refractivity contribution < 1.29 is 0 Å². The first kappa shape index (κ1) is 17.8. The molecule has 0 spiro atoms. The average molecular weight is 357 g/mol. The molecule has 3 aromatic rings. The van der Waals surface area contributed by atoms with Crippen LogP contribution in [0.2, 0.25) is 0 Å².